The zero-order chi connectivity index (χ0) is 17.3. The van der Waals surface area contributed by atoms with Gasteiger partial charge < -0.3 is 4.57 Å². The van der Waals surface area contributed by atoms with E-state index in [0.717, 1.165) is 41.5 Å². The lowest BCUT2D eigenvalue weighted by Gasteiger charge is -2.14. The fourth-order valence-electron chi connectivity index (χ4n) is 2.50. The van der Waals surface area contributed by atoms with Gasteiger partial charge in [0.15, 0.2) is 5.16 Å². The third-order valence-corrected chi connectivity index (χ3v) is 5.13. The van der Waals surface area contributed by atoms with E-state index >= 15 is 0 Å². The number of alkyl halides is 3. The smallest absolute Gasteiger partial charge is 0.302 e. The molecular weight excluding hydrogens is 335 g/mol. The van der Waals surface area contributed by atoms with Crippen molar-refractivity contribution in [1.29, 1.82) is 0 Å². The number of hydrogen-bond donors (Lipinski definition) is 0. The van der Waals surface area contributed by atoms with Gasteiger partial charge in [0.2, 0.25) is 0 Å². The summed E-state index contributed by atoms with van der Waals surface area (Å²) >= 11 is 1.50. The Balaban J connectivity index is 1.77. The molecule has 1 fully saturated rings. The predicted octanol–water partition coefficient (Wildman–Crippen LogP) is 5.21. The first kappa shape index (κ1) is 17.1. The van der Waals surface area contributed by atoms with E-state index in [4.69, 9.17) is 0 Å². The lowest BCUT2D eigenvalue weighted by molar-refractivity contribution is -0.137. The van der Waals surface area contributed by atoms with Crippen molar-refractivity contribution in [3.05, 3.63) is 53.9 Å². The van der Waals surface area contributed by atoms with Gasteiger partial charge in [-0.25, -0.2) is 0 Å². The maximum atomic E-state index is 12.7. The van der Waals surface area contributed by atoms with E-state index in [0.29, 0.717) is 12.5 Å². The maximum absolute atomic E-state index is 12.7. The topological polar surface area (TPSA) is 30.7 Å². The van der Waals surface area contributed by atoms with Gasteiger partial charge in [0.05, 0.1) is 5.56 Å². The molecule has 3 nitrogen and oxygen atoms in total. The molecule has 3 rings (SSSR count). The van der Waals surface area contributed by atoms with Gasteiger partial charge >= 0.3 is 6.18 Å². The molecule has 24 heavy (non-hydrogen) atoms. The summed E-state index contributed by atoms with van der Waals surface area (Å²) < 4.78 is 40.0. The molecule has 1 aliphatic carbocycles. The molecule has 0 amide bonds. The highest BCUT2D eigenvalue weighted by Crippen LogP contribution is 2.42. The van der Waals surface area contributed by atoms with E-state index in [1.54, 1.807) is 0 Å². The molecule has 7 heteroatoms. The Bertz CT molecular complexity index is 718. The molecule has 1 aliphatic rings. The van der Waals surface area contributed by atoms with Crippen LogP contribution in [0.5, 0.6) is 0 Å². The van der Waals surface area contributed by atoms with Crippen LogP contribution in [0.25, 0.3) is 0 Å². The van der Waals surface area contributed by atoms with Crippen molar-refractivity contribution in [3.8, 4) is 0 Å². The number of aromatic nitrogens is 3. The Hall–Kier alpha value is -1.76. The highest BCUT2D eigenvalue weighted by atomic mass is 32.2. The zero-order valence-corrected chi connectivity index (χ0v) is 14.1. The summed E-state index contributed by atoms with van der Waals surface area (Å²) in [5.74, 6) is 1.46. The molecule has 0 radical (unpaired) electrons. The first-order chi connectivity index (χ1) is 11.4. The molecule has 1 unspecified atom stereocenters. The van der Waals surface area contributed by atoms with Gasteiger partial charge in [0.25, 0.3) is 0 Å². The number of nitrogens with zero attached hydrogens (tertiary/aromatic N) is 3. The highest BCUT2D eigenvalue weighted by molar-refractivity contribution is 7.99. The first-order valence-corrected chi connectivity index (χ1v) is 8.66. The Labute approximate surface area is 143 Å². The Morgan fingerprint density at radius 3 is 2.50 bits per heavy atom. The van der Waals surface area contributed by atoms with Crippen molar-refractivity contribution in [2.24, 2.45) is 0 Å². The monoisotopic (exact) mass is 353 g/mol. The summed E-state index contributed by atoms with van der Waals surface area (Å²) in [5, 5.41) is 9.31. The largest absolute Gasteiger partial charge is 0.416 e. The van der Waals surface area contributed by atoms with Crippen molar-refractivity contribution in [1.82, 2.24) is 14.8 Å². The summed E-state index contributed by atoms with van der Waals surface area (Å²) in [6.07, 6.45) is -0.233. The van der Waals surface area contributed by atoms with E-state index in [9.17, 15) is 13.2 Å². The van der Waals surface area contributed by atoms with Gasteiger partial charge in [-0.05, 0) is 37.5 Å². The summed E-state index contributed by atoms with van der Waals surface area (Å²) in [7, 11) is 0. The third-order valence-electron chi connectivity index (χ3n) is 3.99. The van der Waals surface area contributed by atoms with Gasteiger partial charge in [-0.2, -0.15) is 13.2 Å². The third kappa shape index (κ3) is 3.66. The number of halogens is 3. The molecule has 1 saturated carbocycles. The summed E-state index contributed by atoms with van der Waals surface area (Å²) in [6, 6.07) is 5.29. The minimum atomic E-state index is -4.31. The molecule has 1 aromatic carbocycles. The van der Waals surface area contributed by atoms with Crippen LogP contribution < -0.4 is 0 Å². The Kier molecular flexibility index (Phi) is 4.71. The van der Waals surface area contributed by atoms with Crippen LogP contribution in [0.15, 0.2) is 42.1 Å². The number of benzene rings is 1. The van der Waals surface area contributed by atoms with Crippen molar-refractivity contribution in [3.63, 3.8) is 0 Å². The van der Waals surface area contributed by atoms with Crippen LogP contribution in [0.2, 0.25) is 0 Å². The summed E-state index contributed by atoms with van der Waals surface area (Å²) in [4.78, 5) is 0. The molecule has 1 aromatic heterocycles. The van der Waals surface area contributed by atoms with E-state index in [1.165, 1.54) is 23.9 Å². The molecule has 2 aromatic rings. The molecular formula is C17H18F3N3S. The van der Waals surface area contributed by atoms with Crippen molar-refractivity contribution in [2.45, 2.75) is 48.8 Å². The zero-order valence-electron chi connectivity index (χ0n) is 13.3. The normalized spacial score (nSPS) is 16.2. The van der Waals surface area contributed by atoms with Crippen LogP contribution in [0.1, 0.15) is 47.9 Å². The van der Waals surface area contributed by atoms with Crippen LogP contribution in [0.4, 0.5) is 13.2 Å². The lowest BCUT2D eigenvalue weighted by Crippen LogP contribution is -2.05. The maximum Gasteiger partial charge on any atom is 0.416 e. The van der Waals surface area contributed by atoms with Gasteiger partial charge in [0, 0.05) is 17.7 Å². The van der Waals surface area contributed by atoms with Crippen molar-refractivity contribution in [2.75, 3.05) is 0 Å². The fourth-order valence-corrected chi connectivity index (χ4v) is 3.49. The van der Waals surface area contributed by atoms with Crippen LogP contribution in [0, 0.1) is 0 Å². The van der Waals surface area contributed by atoms with Gasteiger partial charge in [0.1, 0.15) is 5.82 Å². The molecule has 1 heterocycles. The Morgan fingerprint density at radius 1 is 1.29 bits per heavy atom. The molecule has 0 saturated heterocycles. The van der Waals surface area contributed by atoms with E-state index < -0.39 is 11.7 Å². The molecule has 0 bridgehead atoms. The van der Waals surface area contributed by atoms with Crippen molar-refractivity contribution < 1.29 is 13.2 Å². The molecule has 0 N–H and O–H groups in total. The number of hydrogen-bond acceptors (Lipinski definition) is 3. The van der Waals surface area contributed by atoms with E-state index in [-0.39, 0.29) is 5.25 Å². The standard InChI is InChI=1S/C17H18F3N3S/c1-3-10-23-15(13-4-5-13)21-22-16(23)24-11(2)12-6-8-14(9-7-12)17(18,19)20/h3,6-9,11,13H,1,4-5,10H2,2H3. The molecule has 128 valence electrons. The molecule has 1 atom stereocenters. The van der Waals surface area contributed by atoms with Crippen LogP contribution in [-0.2, 0) is 12.7 Å². The predicted molar refractivity (Wildman–Crippen MR) is 87.9 cm³/mol. The minimum absolute atomic E-state index is 0.0212. The highest BCUT2D eigenvalue weighted by Gasteiger charge is 2.31. The van der Waals surface area contributed by atoms with Crippen molar-refractivity contribution >= 4 is 11.8 Å². The van der Waals surface area contributed by atoms with Gasteiger partial charge in [-0.1, -0.05) is 30.0 Å². The average molecular weight is 353 g/mol. The van der Waals surface area contributed by atoms with Crippen LogP contribution in [-0.4, -0.2) is 14.8 Å². The molecule has 0 aliphatic heterocycles. The number of thioether (sulfide) groups is 1. The second kappa shape index (κ2) is 6.63. The first-order valence-electron chi connectivity index (χ1n) is 7.78. The second-order valence-corrected chi connectivity index (χ2v) is 7.20. The fraction of sp³-hybridized carbons (Fsp3) is 0.412. The van der Waals surface area contributed by atoms with Crippen LogP contribution in [0.3, 0.4) is 0 Å². The minimum Gasteiger partial charge on any atom is -0.302 e. The van der Waals surface area contributed by atoms with Crippen LogP contribution >= 0.6 is 11.8 Å². The van der Waals surface area contributed by atoms with E-state index in [2.05, 4.69) is 21.3 Å². The van der Waals surface area contributed by atoms with Gasteiger partial charge in [-0.3, -0.25) is 0 Å². The number of rotatable bonds is 6. The summed E-state index contributed by atoms with van der Waals surface area (Å²) in [5.41, 5.74) is 0.198. The SMILES string of the molecule is C=CCn1c(SC(C)c2ccc(C(F)(F)F)cc2)nnc1C1CC1. The Morgan fingerprint density at radius 2 is 1.96 bits per heavy atom. The quantitative estimate of drug-likeness (QED) is 0.527. The molecule has 0 spiro atoms. The average Bonchev–Trinajstić information content (AvgIpc) is 3.31. The van der Waals surface area contributed by atoms with Gasteiger partial charge in [-0.15, -0.1) is 16.8 Å². The van der Waals surface area contributed by atoms with E-state index in [1.807, 2.05) is 13.0 Å². The summed E-state index contributed by atoms with van der Waals surface area (Å²) in [6.45, 7) is 6.37. The lowest BCUT2D eigenvalue weighted by atomic mass is 10.1. The number of allylic oxidation sites excluding steroid dienone is 1. The second-order valence-electron chi connectivity index (χ2n) is 5.89.